The summed E-state index contributed by atoms with van der Waals surface area (Å²) in [5, 5.41) is 6.72. The summed E-state index contributed by atoms with van der Waals surface area (Å²) >= 11 is 0. The van der Waals surface area contributed by atoms with Gasteiger partial charge in [-0.2, -0.15) is 0 Å². The lowest BCUT2D eigenvalue weighted by Gasteiger charge is -2.27. The van der Waals surface area contributed by atoms with Crippen molar-refractivity contribution in [2.75, 3.05) is 6.54 Å². The molecule has 2 aromatic rings. The van der Waals surface area contributed by atoms with Gasteiger partial charge in [-0.05, 0) is 25.3 Å². The van der Waals surface area contributed by atoms with E-state index in [4.69, 9.17) is 4.52 Å². The number of carbonyl (C=O) groups is 2. The fraction of sp³-hybridized carbons (Fsp3) is 0.435. The van der Waals surface area contributed by atoms with E-state index in [0.717, 1.165) is 31.2 Å². The van der Waals surface area contributed by atoms with Gasteiger partial charge in [-0.15, -0.1) is 6.58 Å². The van der Waals surface area contributed by atoms with E-state index in [-0.39, 0.29) is 23.4 Å². The maximum Gasteiger partial charge on any atom is 0.273 e. The minimum atomic E-state index is -0.297. The molecule has 0 bridgehead atoms. The molecule has 6 heteroatoms. The monoisotopic (exact) mass is 395 g/mol. The van der Waals surface area contributed by atoms with Crippen LogP contribution in [-0.4, -0.2) is 28.4 Å². The molecule has 1 aliphatic rings. The van der Waals surface area contributed by atoms with Gasteiger partial charge in [0.25, 0.3) is 5.91 Å². The van der Waals surface area contributed by atoms with Gasteiger partial charge in [0.1, 0.15) is 0 Å². The Labute approximate surface area is 172 Å². The highest BCUT2D eigenvalue weighted by atomic mass is 16.5. The van der Waals surface area contributed by atoms with E-state index in [1.165, 1.54) is 12.0 Å². The highest BCUT2D eigenvalue weighted by Crippen LogP contribution is 2.26. The maximum atomic E-state index is 12.9. The Hall–Kier alpha value is -2.89. The summed E-state index contributed by atoms with van der Waals surface area (Å²) < 4.78 is 5.33. The minimum absolute atomic E-state index is 0.0731. The largest absolute Gasteiger partial charge is 0.359 e. The zero-order valence-corrected chi connectivity index (χ0v) is 17.0. The van der Waals surface area contributed by atoms with Crippen molar-refractivity contribution in [1.82, 2.24) is 15.4 Å². The first-order valence-electron chi connectivity index (χ1n) is 10.3. The molecular weight excluding hydrogens is 366 g/mol. The Morgan fingerprint density at radius 1 is 1.24 bits per heavy atom. The summed E-state index contributed by atoms with van der Waals surface area (Å²) in [6.07, 6.45) is 7.00. The standard InChI is InChI=1S/C23H29N3O3/c1-3-13-26(23(28)19-7-5-4-6-8-19)16-20-14-21(25-29-20)22(27)24-15-18-11-9-17(2)10-12-18/h3,9-12,14,19H,1,4-8,13,15-16H2,2H3,(H,24,27). The van der Waals surface area contributed by atoms with Crippen LogP contribution in [0.25, 0.3) is 0 Å². The van der Waals surface area contributed by atoms with E-state index in [0.29, 0.717) is 25.4 Å². The van der Waals surface area contributed by atoms with E-state index in [1.54, 1.807) is 17.0 Å². The second-order valence-electron chi connectivity index (χ2n) is 7.69. The van der Waals surface area contributed by atoms with Gasteiger partial charge in [-0.1, -0.05) is 60.3 Å². The van der Waals surface area contributed by atoms with Gasteiger partial charge < -0.3 is 14.7 Å². The van der Waals surface area contributed by atoms with Gasteiger partial charge in [0, 0.05) is 25.1 Å². The molecule has 0 aliphatic heterocycles. The maximum absolute atomic E-state index is 12.9. The topological polar surface area (TPSA) is 75.4 Å². The molecule has 1 fully saturated rings. The molecule has 1 N–H and O–H groups in total. The summed E-state index contributed by atoms with van der Waals surface area (Å²) in [7, 11) is 0. The lowest BCUT2D eigenvalue weighted by molar-refractivity contribution is -0.136. The third-order valence-corrected chi connectivity index (χ3v) is 5.33. The van der Waals surface area contributed by atoms with Crippen LogP contribution >= 0.6 is 0 Å². The van der Waals surface area contributed by atoms with Crippen LogP contribution in [0.5, 0.6) is 0 Å². The molecule has 1 aliphatic carbocycles. The second kappa shape index (κ2) is 10.0. The number of hydrogen-bond acceptors (Lipinski definition) is 4. The van der Waals surface area contributed by atoms with Crippen LogP contribution in [-0.2, 0) is 17.9 Å². The van der Waals surface area contributed by atoms with Crippen molar-refractivity contribution in [3.8, 4) is 0 Å². The number of rotatable bonds is 8. The molecule has 0 radical (unpaired) electrons. The Morgan fingerprint density at radius 2 is 1.97 bits per heavy atom. The quantitative estimate of drug-likeness (QED) is 0.685. The van der Waals surface area contributed by atoms with Gasteiger partial charge in [0.2, 0.25) is 5.91 Å². The van der Waals surface area contributed by atoms with Crippen LogP contribution in [0, 0.1) is 12.8 Å². The normalized spacial score (nSPS) is 14.4. The second-order valence-corrected chi connectivity index (χ2v) is 7.69. The van der Waals surface area contributed by atoms with Crippen molar-refractivity contribution in [3.05, 3.63) is 65.6 Å². The Kier molecular flexibility index (Phi) is 7.22. The molecule has 0 saturated heterocycles. The van der Waals surface area contributed by atoms with Gasteiger partial charge in [-0.3, -0.25) is 9.59 Å². The first kappa shape index (κ1) is 20.8. The van der Waals surface area contributed by atoms with Crippen LogP contribution in [0.15, 0.2) is 47.5 Å². The molecule has 29 heavy (non-hydrogen) atoms. The van der Waals surface area contributed by atoms with Crippen LogP contribution in [0.2, 0.25) is 0 Å². The summed E-state index contributed by atoms with van der Waals surface area (Å²) in [5.41, 5.74) is 2.41. The lowest BCUT2D eigenvalue weighted by Crippen LogP contribution is -2.36. The molecule has 0 atom stereocenters. The van der Waals surface area contributed by atoms with Crippen LogP contribution < -0.4 is 5.32 Å². The number of carbonyl (C=O) groups excluding carboxylic acids is 2. The molecule has 1 aromatic heterocycles. The number of nitrogens with one attached hydrogen (secondary N) is 1. The summed E-state index contributed by atoms with van der Waals surface area (Å²) in [6, 6.07) is 9.58. The Bertz CT molecular complexity index is 835. The van der Waals surface area contributed by atoms with E-state index in [2.05, 4.69) is 17.1 Å². The van der Waals surface area contributed by atoms with E-state index in [9.17, 15) is 9.59 Å². The number of benzene rings is 1. The third-order valence-electron chi connectivity index (χ3n) is 5.33. The molecule has 0 spiro atoms. The zero-order chi connectivity index (χ0) is 20.6. The molecule has 154 valence electrons. The van der Waals surface area contributed by atoms with Gasteiger partial charge >= 0.3 is 0 Å². The van der Waals surface area contributed by atoms with E-state index in [1.807, 2.05) is 31.2 Å². The number of aryl methyl sites for hydroxylation is 1. The molecular formula is C23H29N3O3. The van der Waals surface area contributed by atoms with E-state index >= 15 is 0 Å². The summed E-state index contributed by atoms with van der Waals surface area (Å²) in [4.78, 5) is 26.9. The molecule has 1 saturated carbocycles. The fourth-order valence-electron chi connectivity index (χ4n) is 3.66. The molecule has 2 amide bonds. The minimum Gasteiger partial charge on any atom is -0.359 e. The molecule has 1 heterocycles. The van der Waals surface area contributed by atoms with Crippen LogP contribution in [0.1, 0.15) is 59.5 Å². The Morgan fingerprint density at radius 3 is 2.66 bits per heavy atom. The number of hydrogen-bond donors (Lipinski definition) is 1. The van der Waals surface area contributed by atoms with Crippen LogP contribution in [0.4, 0.5) is 0 Å². The van der Waals surface area contributed by atoms with Crippen molar-refractivity contribution in [2.45, 2.75) is 52.1 Å². The fourth-order valence-corrected chi connectivity index (χ4v) is 3.66. The SMILES string of the molecule is C=CCN(Cc1cc(C(=O)NCc2ccc(C)cc2)no1)C(=O)C1CCCCC1. The lowest BCUT2D eigenvalue weighted by atomic mass is 9.88. The Balaban J connectivity index is 1.58. The van der Waals surface area contributed by atoms with E-state index < -0.39 is 0 Å². The first-order valence-corrected chi connectivity index (χ1v) is 10.3. The molecule has 3 rings (SSSR count). The highest BCUT2D eigenvalue weighted by molar-refractivity contribution is 5.92. The molecule has 1 aromatic carbocycles. The average Bonchev–Trinajstić information content (AvgIpc) is 3.21. The van der Waals surface area contributed by atoms with Crippen molar-refractivity contribution in [1.29, 1.82) is 0 Å². The average molecular weight is 396 g/mol. The zero-order valence-electron chi connectivity index (χ0n) is 17.0. The third kappa shape index (κ3) is 5.79. The summed E-state index contributed by atoms with van der Waals surface area (Å²) in [5.74, 6) is 0.404. The van der Waals surface area contributed by atoms with Crippen molar-refractivity contribution < 1.29 is 14.1 Å². The van der Waals surface area contributed by atoms with Crippen LogP contribution in [0.3, 0.4) is 0 Å². The predicted octanol–water partition coefficient (Wildman–Crippen LogP) is 4.01. The van der Waals surface area contributed by atoms with Gasteiger partial charge in [-0.25, -0.2) is 0 Å². The van der Waals surface area contributed by atoms with Gasteiger partial charge in [0.05, 0.1) is 6.54 Å². The van der Waals surface area contributed by atoms with Crippen molar-refractivity contribution in [3.63, 3.8) is 0 Å². The number of amides is 2. The van der Waals surface area contributed by atoms with Gasteiger partial charge in [0.15, 0.2) is 11.5 Å². The predicted molar refractivity (Wildman–Crippen MR) is 111 cm³/mol. The smallest absolute Gasteiger partial charge is 0.273 e. The number of aromatic nitrogens is 1. The summed E-state index contributed by atoms with van der Waals surface area (Å²) in [6.45, 7) is 6.94. The van der Waals surface area contributed by atoms with Crippen molar-refractivity contribution >= 4 is 11.8 Å². The molecule has 6 nitrogen and oxygen atoms in total. The molecule has 0 unspecified atom stereocenters. The highest BCUT2D eigenvalue weighted by Gasteiger charge is 2.26. The first-order chi connectivity index (χ1) is 14.1. The van der Waals surface area contributed by atoms with Crippen molar-refractivity contribution in [2.24, 2.45) is 5.92 Å². The number of nitrogens with zero attached hydrogens (tertiary/aromatic N) is 2.